The van der Waals surface area contributed by atoms with E-state index in [4.69, 9.17) is 0 Å². The summed E-state index contributed by atoms with van der Waals surface area (Å²) in [6.45, 7) is 8.57. The molecule has 0 unspecified atom stereocenters. The zero-order valence-corrected chi connectivity index (χ0v) is 12.9. The Bertz CT molecular complexity index is 640. The quantitative estimate of drug-likeness (QED) is 0.874. The summed E-state index contributed by atoms with van der Waals surface area (Å²) in [4.78, 5) is 9.02. The molecule has 2 aromatic rings. The van der Waals surface area contributed by atoms with Crippen molar-refractivity contribution in [3.63, 3.8) is 0 Å². The molecule has 4 nitrogen and oxygen atoms in total. The minimum absolute atomic E-state index is 0.206. The Kier molecular flexibility index (Phi) is 4.73. The maximum absolute atomic E-state index is 13.3. The average molecular weight is 288 g/mol. The number of nitrogens with one attached hydrogen (secondary N) is 2. The Balaban J connectivity index is 2.37. The highest BCUT2D eigenvalue weighted by Crippen LogP contribution is 2.24. The number of benzene rings is 1. The monoisotopic (exact) mass is 288 g/mol. The van der Waals surface area contributed by atoms with Gasteiger partial charge in [-0.15, -0.1) is 0 Å². The lowest BCUT2D eigenvalue weighted by atomic mass is 10.2. The molecule has 0 amide bonds. The second kappa shape index (κ2) is 6.52. The van der Waals surface area contributed by atoms with Gasteiger partial charge in [-0.2, -0.15) is 0 Å². The highest BCUT2D eigenvalue weighted by molar-refractivity contribution is 5.65. The second-order valence-electron chi connectivity index (χ2n) is 4.93. The molecule has 1 heterocycles. The van der Waals surface area contributed by atoms with Crippen molar-refractivity contribution in [3.8, 4) is 0 Å². The molecular formula is C16H21FN4. The maximum atomic E-state index is 13.3. The average Bonchev–Trinajstić information content (AvgIpc) is 2.47. The molecule has 0 aliphatic rings. The standard InChI is InChI=1S/C16H21FN4/c1-5-14-20-15(18-6-2)11(4)16(21-14)19-12-7-8-13(17)10(3)9-12/h7-9H,5-6H2,1-4H3,(H2,18,19,20,21). The van der Waals surface area contributed by atoms with Crippen LogP contribution in [0.5, 0.6) is 0 Å². The molecule has 0 spiro atoms. The third kappa shape index (κ3) is 3.48. The van der Waals surface area contributed by atoms with Gasteiger partial charge in [0.15, 0.2) is 0 Å². The van der Waals surface area contributed by atoms with E-state index in [9.17, 15) is 4.39 Å². The molecule has 112 valence electrons. The fourth-order valence-corrected chi connectivity index (χ4v) is 2.04. The Morgan fingerprint density at radius 1 is 1.10 bits per heavy atom. The molecular weight excluding hydrogens is 267 g/mol. The van der Waals surface area contributed by atoms with Crippen molar-refractivity contribution in [2.24, 2.45) is 0 Å². The minimum Gasteiger partial charge on any atom is -0.370 e. The summed E-state index contributed by atoms with van der Waals surface area (Å²) in [7, 11) is 0. The molecule has 0 aliphatic carbocycles. The highest BCUT2D eigenvalue weighted by Gasteiger charge is 2.10. The number of hydrogen-bond donors (Lipinski definition) is 2. The summed E-state index contributed by atoms with van der Waals surface area (Å²) < 4.78 is 13.3. The maximum Gasteiger partial charge on any atom is 0.139 e. The molecule has 1 aromatic carbocycles. The van der Waals surface area contributed by atoms with Crippen LogP contribution in [-0.2, 0) is 6.42 Å². The lowest BCUT2D eigenvalue weighted by Crippen LogP contribution is -2.09. The first-order valence-electron chi connectivity index (χ1n) is 7.19. The van der Waals surface area contributed by atoms with Gasteiger partial charge in [0, 0.05) is 24.2 Å². The largest absolute Gasteiger partial charge is 0.370 e. The van der Waals surface area contributed by atoms with Gasteiger partial charge in [0.05, 0.1) is 0 Å². The molecule has 0 atom stereocenters. The van der Waals surface area contributed by atoms with Gasteiger partial charge < -0.3 is 10.6 Å². The van der Waals surface area contributed by atoms with Crippen LogP contribution in [-0.4, -0.2) is 16.5 Å². The van der Waals surface area contributed by atoms with E-state index in [0.717, 1.165) is 41.7 Å². The third-order valence-corrected chi connectivity index (χ3v) is 3.27. The Labute approximate surface area is 124 Å². The van der Waals surface area contributed by atoms with E-state index in [2.05, 4.69) is 20.6 Å². The van der Waals surface area contributed by atoms with E-state index in [1.807, 2.05) is 20.8 Å². The smallest absolute Gasteiger partial charge is 0.139 e. The van der Waals surface area contributed by atoms with Crippen LogP contribution in [0.3, 0.4) is 0 Å². The lowest BCUT2D eigenvalue weighted by Gasteiger charge is -2.14. The van der Waals surface area contributed by atoms with Crippen LogP contribution in [0, 0.1) is 19.7 Å². The van der Waals surface area contributed by atoms with Gasteiger partial charge in [0.1, 0.15) is 23.3 Å². The van der Waals surface area contributed by atoms with Gasteiger partial charge in [0.25, 0.3) is 0 Å². The molecule has 2 rings (SSSR count). The molecule has 0 fully saturated rings. The number of nitrogens with zero attached hydrogens (tertiary/aromatic N) is 2. The number of halogens is 1. The van der Waals surface area contributed by atoms with Crippen molar-refractivity contribution in [2.45, 2.75) is 34.1 Å². The summed E-state index contributed by atoms with van der Waals surface area (Å²) in [5.41, 5.74) is 2.38. The molecule has 21 heavy (non-hydrogen) atoms. The van der Waals surface area contributed by atoms with E-state index >= 15 is 0 Å². The Morgan fingerprint density at radius 2 is 1.81 bits per heavy atom. The van der Waals surface area contributed by atoms with Gasteiger partial charge in [-0.3, -0.25) is 0 Å². The number of hydrogen-bond acceptors (Lipinski definition) is 4. The van der Waals surface area contributed by atoms with Crippen LogP contribution in [0.4, 0.5) is 21.7 Å². The molecule has 0 saturated heterocycles. The number of aromatic nitrogens is 2. The molecule has 5 heteroatoms. The summed E-state index contributed by atoms with van der Waals surface area (Å²) >= 11 is 0. The summed E-state index contributed by atoms with van der Waals surface area (Å²) in [6.07, 6.45) is 0.760. The van der Waals surface area contributed by atoms with E-state index in [0.29, 0.717) is 5.56 Å². The molecule has 0 bridgehead atoms. The highest BCUT2D eigenvalue weighted by atomic mass is 19.1. The zero-order chi connectivity index (χ0) is 15.4. The zero-order valence-electron chi connectivity index (χ0n) is 12.9. The van der Waals surface area contributed by atoms with Crippen molar-refractivity contribution in [1.29, 1.82) is 0 Å². The third-order valence-electron chi connectivity index (χ3n) is 3.27. The first-order chi connectivity index (χ1) is 10.0. The Morgan fingerprint density at radius 3 is 2.43 bits per heavy atom. The number of rotatable bonds is 5. The van der Waals surface area contributed by atoms with E-state index in [1.54, 1.807) is 19.1 Å². The molecule has 2 N–H and O–H groups in total. The normalized spacial score (nSPS) is 10.5. The van der Waals surface area contributed by atoms with Crippen molar-refractivity contribution >= 4 is 17.3 Å². The molecule has 1 aromatic heterocycles. The van der Waals surface area contributed by atoms with E-state index < -0.39 is 0 Å². The number of aryl methyl sites for hydroxylation is 2. The minimum atomic E-state index is -0.206. The molecule has 0 aliphatic heterocycles. The van der Waals surface area contributed by atoms with Crippen LogP contribution in [0.15, 0.2) is 18.2 Å². The van der Waals surface area contributed by atoms with Gasteiger partial charge in [-0.1, -0.05) is 6.92 Å². The topological polar surface area (TPSA) is 49.8 Å². The molecule has 0 radical (unpaired) electrons. The summed E-state index contributed by atoms with van der Waals surface area (Å²) in [5.74, 6) is 2.16. The fraction of sp³-hybridized carbons (Fsp3) is 0.375. The van der Waals surface area contributed by atoms with Crippen LogP contribution < -0.4 is 10.6 Å². The van der Waals surface area contributed by atoms with Gasteiger partial charge >= 0.3 is 0 Å². The van der Waals surface area contributed by atoms with E-state index in [1.165, 1.54) is 6.07 Å². The van der Waals surface area contributed by atoms with Crippen molar-refractivity contribution in [3.05, 3.63) is 41.0 Å². The van der Waals surface area contributed by atoms with Gasteiger partial charge in [-0.25, -0.2) is 14.4 Å². The summed E-state index contributed by atoms with van der Waals surface area (Å²) in [5, 5.41) is 6.50. The van der Waals surface area contributed by atoms with Crippen LogP contribution >= 0.6 is 0 Å². The van der Waals surface area contributed by atoms with Gasteiger partial charge in [-0.05, 0) is 44.5 Å². The first kappa shape index (κ1) is 15.2. The predicted molar refractivity (Wildman–Crippen MR) is 84.7 cm³/mol. The lowest BCUT2D eigenvalue weighted by molar-refractivity contribution is 0.619. The van der Waals surface area contributed by atoms with Crippen LogP contribution in [0.25, 0.3) is 0 Å². The SMILES string of the molecule is CCNc1nc(CC)nc(Nc2ccc(F)c(C)c2)c1C. The first-order valence-corrected chi connectivity index (χ1v) is 7.19. The second-order valence-corrected chi connectivity index (χ2v) is 4.93. The van der Waals surface area contributed by atoms with Gasteiger partial charge in [0.2, 0.25) is 0 Å². The summed E-state index contributed by atoms with van der Waals surface area (Å²) in [6, 6.07) is 4.94. The van der Waals surface area contributed by atoms with E-state index in [-0.39, 0.29) is 5.82 Å². The molecule has 0 saturated carbocycles. The van der Waals surface area contributed by atoms with Crippen LogP contribution in [0.2, 0.25) is 0 Å². The van der Waals surface area contributed by atoms with Crippen molar-refractivity contribution < 1.29 is 4.39 Å². The predicted octanol–water partition coefficient (Wildman–Crippen LogP) is 3.97. The Hall–Kier alpha value is -2.17. The van der Waals surface area contributed by atoms with Crippen LogP contribution in [0.1, 0.15) is 30.8 Å². The van der Waals surface area contributed by atoms with Crippen molar-refractivity contribution in [1.82, 2.24) is 9.97 Å². The van der Waals surface area contributed by atoms with Crippen molar-refractivity contribution in [2.75, 3.05) is 17.2 Å². The number of anilines is 3. The fourth-order valence-electron chi connectivity index (χ4n) is 2.04.